The molecule has 24 heavy (non-hydrogen) atoms. The topological polar surface area (TPSA) is 72.2 Å². The first kappa shape index (κ1) is 17.9. The summed E-state index contributed by atoms with van der Waals surface area (Å²) >= 11 is 6.23. The van der Waals surface area contributed by atoms with E-state index in [0.717, 1.165) is 17.5 Å². The highest BCUT2D eigenvalue weighted by molar-refractivity contribution is 6.32. The third-order valence-electron chi connectivity index (χ3n) is 3.98. The molecule has 0 aliphatic heterocycles. The van der Waals surface area contributed by atoms with Gasteiger partial charge in [0.25, 0.3) is 11.6 Å². The van der Waals surface area contributed by atoms with Gasteiger partial charge in [-0.2, -0.15) is 0 Å². The average Bonchev–Trinajstić information content (AvgIpc) is 2.55. The number of aryl methyl sites for hydroxylation is 2. The molecular weight excluding hydrogens is 328 g/mol. The number of rotatable bonds is 5. The molecule has 0 aromatic heterocycles. The minimum Gasteiger partial charge on any atom is -0.321 e. The van der Waals surface area contributed by atoms with Crippen molar-refractivity contribution >= 4 is 28.9 Å². The number of carbonyl (C=O) groups excluding carboxylic acids is 1. The summed E-state index contributed by atoms with van der Waals surface area (Å²) in [5, 5.41) is 14.5. The molecule has 0 saturated heterocycles. The minimum atomic E-state index is -0.486. The summed E-state index contributed by atoms with van der Waals surface area (Å²) in [5.41, 5.74) is 3.23. The normalized spacial score (nSPS) is 10.5. The number of anilines is 1. The molecule has 126 valence electrons. The fraction of sp³-hybridized carbons (Fsp3) is 0.278. The second-order valence-electron chi connectivity index (χ2n) is 5.48. The lowest BCUT2D eigenvalue weighted by Crippen LogP contribution is -2.15. The largest absolute Gasteiger partial charge is 0.321 e. The van der Waals surface area contributed by atoms with E-state index in [1.807, 2.05) is 26.0 Å². The monoisotopic (exact) mass is 346 g/mol. The molecule has 1 amide bonds. The van der Waals surface area contributed by atoms with Crippen LogP contribution in [0.15, 0.2) is 30.3 Å². The van der Waals surface area contributed by atoms with Gasteiger partial charge in [-0.3, -0.25) is 14.9 Å². The van der Waals surface area contributed by atoms with Gasteiger partial charge in [-0.15, -0.1) is 0 Å². The molecule has 0 fully saturated rings. The molecular formula is C18H19ClN2O3. The van der Waals surface area contributed by atoms with Crippen LogP contribution in [-0.4, -0.2) is 10.8 Å². The molecule has 0 bridgehead atoms. The Bertz CT molecular complexity index is 803. The van der Waals surface area contributed by atoms with E-state index in [9.17, 15) is 14.9 Å². The second kappa shape index (κ2) is 7.45. The Kier molecular flexibility index (Phi) is 5.57. The van der Waals surface area contributed by atoms with Gasteiger partial charge in [-0.1, -0.05) is 37.6 Å². The third-order valence-corrected chi connectivity index (χ3v) is 4.34. The second-order valence-corrected chi connectivity index (χ2v) is 5.89. The Morgan fingerprint density at radius 2 is 1.92 bits per heavy atom. The first-order chi connectivity index (χ1) is 11.4. The number of amides is 1. The van der Waals surface area contributed by atoms with Gasteiger partial charge < -0.3 is 5.32 Å². The van der Waals surface area contributed by atoms with Crippen LogP contribution < -0.4 is 5.32 Å². The Balaban J connectivity index is 2.42. The number of nitro groups is 1. The van der Waals surface area contributed by atoms with Crippen LogP contribution in [0.1, 0.15) is 40.9 Å². The van der Waals surface area contributed by atoms with Crippen molar-refractivity contribution in [2.24, 2.45) is 0 Å². The summed E-state index contributed by atoms with van der Waals surface area (Å²) in [4.78, 5) is 23.1. The summed E-state index contributed by atoms with van der Waals surface area (Å²) in [6, 6.07) is 8.17. The first-order valence-electron chi connectivity index (χ1n) is 7.75. The van der Waals surface area contributed by atoms with Crippen LogP contribution in [-0.2, 0) is 12.8 Å². The predicted octanol–water partition coefficient (Wildman–Crippen LogP) is 4.93. The van der Waals surface area contributed by atoms with E-state index in [-0.39, 0.29) is 17.2 Å². The summed E-state index contributed by atoms with van der Waals surface area (Å²) in [6.07, 6.45) is 1.42. The first-order valence-corrected chi connectivity index (χ1v) is 8.13. The van der Waals surface area contributed by atoms with Crippen LogP contribution in [0, 0.1) is 17.0 Å². The summed E-state index contributed by atoms with van der Waals surface area (Å²) in [7, 11) is 0. The van der Waals surface area contributed by atoms with Crippen molar-refractivity contribution in [3.63, 3.8) is 0 Å². The fourth-order valence-corrected chi connectivity index (χ4v) is 2.89. The number of hydrogen-bond acceptors (Lipinski definition) is 3. The van der Waals surface area contributed by atoms with Crippen LogP contribution in [0.3, 0.4) is 0 Å². The molecule has 0 spiro atoms. The molecule has 5 nitrogen and oxygen atoms in total. The Labute approximate surface area is 145 Å². The molecule has 2 aromatic rings. The maximum absolute atomic E-state index is 12.6. The molecule has 0 heterocycles. The standard InChI is InChI=1S/C18H19ClN2O3/c1-4-12-8-9-15(19)14(5-2)17(12)20-18(22)13-7-6-11(3)16(10-13)21(23)24/h6-10H,4-5H2,1-3H3,(H,20,22). The zero-order chi connectivity index (χ0) is 17.9. The van der Waals surface area contributed by atoms with E-state index in [4.69, 9.17) is 11.6 Å². The molecule has 6 heteroatoms. The van der Waals surface area contributed by atoms with E-state index in [1.54, 1.807) is 19.1 Å². The highest BCUT2D eigenvalue weighted by Gasteiger charge is 2.18. The number of benzene rings is 2. The van der Waals surface area contributed by atoms with Crippen LogP contribution in [0.5, 0.6) is 0 Å². The lowest BCUT2D eigenvalue weighted by Gasteiger charge is -2.16. The average molecular weight is 347 g/mol. The smallest absolute Gasteiger partial charge is 0.273 e. The summed E-state index contributed by atoms with van der Waals surface area (Å²) in [5.74, 6) is -0.384. The van der Waals surface area contributed by atoms with Gasteiger partial charge in [0.05, 0.1) is 4.92 Å². The number of nitrogens with zero attached hydrogens (tertiary/aromatic N) is 1. The molecule has 0 unspecified atom stereocenters. The van der Waals surface area contributed by atoms with Crippen LogP contribution in [0.2, 0.25) is 5.02 Å². The van der Waals surface area contributed by atoms with Gasteiger partial charge in [-0.25, -0.2) is 0 Å². The van der Waals surface area contributed by atoms with Crippen molar-refractivity contribution in [3.05, 3.63) is 67.7 Å². The van der Waals surface area contributed by atoms with Crippen molar-refractivity contribution in [2.45, 2.75) is 33.6 Å². The quantitative estimate of drug-likeness (QED) is 0.616. The number of nitro benzene ring substituents is 1. The van der Waals surface area contributed by atoms with Gasteiger partial charge in [0.15, 0.2) is 0 Å². The Hall–Kier alpha value is -2.40. The molecule has 0 aliphatic carbocycles. The molecule has 2 rings (SSSR count). The SMILES string of the molecule is CCc1ccc(Cl)c(CC)c1NC(=O)c1ccc(C)c([N+](=O)[O-])c1. The molecule has 0 saturated carbocycles. The van der Waals surface area contributed by atoms with Crippen molar-refractivity contribution in [3.8, 4) is 0 Å². The zero-order valence-electron chi connectivity index (χ0n) is 13.9. The minimum absolute atomic E-state index is 0.0693. The van der Waals surface area contributed by atoms with E-state index >= 15 is 0 Å². The van der Waals surface area contributed by atoms with Crippen molar-refractivity contribution in [1.82, 2.24) is 0 Å². The summed E-state index contributed by atoms with van der Waals surface area (Å²) in [6.45, 7) is 5.60. The molecule has 0 aliphatic rings. The number of nitrogens with one attached hydrogen (secondary N) is 1. The highest BCUT2D eigenvalue weighted by Crippen LogP contribution is 2.30. The van der Waals surface area contributed by atoms with Crippen LogP contribution in [0.4, 0.5) is 11.4 Å². The van der Waals surface area contributed by atoms with Crippen molar-refractivity contribution in [1.29, 1.82) is 0 Å². The van der Waals surface area contributed by atoms with Crippen LogP contribution >= 0.6 is 11.6 Å². The zero-order valence-corrected chi connectivity index (χ0v) is 14.6. The van der Waals surface area contributed by atoms with Gasteiger partial charge in [0, 0.05) is 27.9 Å². The van der Waals surface area contributed by atoms with Crippen molar-refractivity contribution < 1.29 is 9.72 Å². The lowest BCUT2D eigenvalue weighted by atomic mass is 10.0. The van der Waals surface area contributed by atoms with E-state index in [1.165, 1.54) is 6.07 Å². The highest BCUT2D eigenvalue weighted by atomic mass is 35.5. The van der Waals surface area contributed by atoms with Gasteiger partial charge in [0.1, 0.15) is 0 Å². The number of halogens is 1. The number of carbonyl (C=O) groups is 1. The Morgan fingerprint density at radius 3 is 2.50 bits per heavy atom. The number of hydrogen-bond donors (Lipinski definition) is 1. The van der Waals surface area contributed by atoms with E-state index in [0.29, 0.717) is 22.7 Å². The molecule has 0 atom stereocenters. The maximum atomic E-state index is 12.6. The van der Waals surface area contributed by atoms with Gasteiger partial charge in [-0.05, 0) is 43.0 Å². The molecule has 1 N–H and O–H groups in total. The summed E-state index contributed by atoms with van der Waals surface area (Å²) < 4.78 is 0. The fourth-order valence-electron chi connectivity index (χ4n) is 2.60. The van der Waals surface area contributed by atoms with Gasteiger partial charge in [0.2, 0.25) is 0 Å². The molecule has 0 radical (unpaired) electrons. The predicted molar refractivity (Wildman–Crippen MR) is 96.0 cm³/mol. The maximum Gasteiger partial charge on any atom is 0.273 e. The Morgan fingerprint density at radius 1 is 1.21 bits per heavy atom. The van der Waals surface area contributed by atoms with Crippen LogP contribution in [0.25, 0.3) is 0 Å². The van der Waals surface area contributed by atoms with Crippen molar-refractivity contribution in [2.75, 3.05) is 5.32 Å². The molecule has 2 aromatic carbocycles. The van der Waals surface area contributed by atoms with E-state index < -0.39 is 4.92 Å². The lowest BCUT2D eigenvalue weighted by molar-refractivity contribution is -0.385. The van der Waals surface area contributed by atoms with E-state index in [2.05, 4.69) is 5.32 Å². The van der Waals surface area contributed by atoms with Gasteiger partial charge >= 0.3 is 0 Å². The third kappa shape index (κ3) is 3.57.